The highest BCUT2D eigenvalue weighted by Crippen LogP contribution is 2.39. The first-order valence-corrected chi connectivity index (χ1v) is 9.52. The lowest BCUT2D eigenvalue weighted by Gasteiger charge is -2.25. The first-order valence-electron chi connectivity index (χ1n) is 9.52. The Morgan fingerprint density at radius 1 is 1.07 bits per heavy atom. The molecule has 5 nitrogen and oxygen atoms in total. The first kappa shape index (κ1) is 16.1. The van der Waals surface area contributed by atoms with E-state index in [0.717, 1.165) is 36.6 Å². The van der Waals surface area contributed by atoms with E-state index < -0.39 is 0 Å². The van der Waals surface area contributed by atoms with Gasteiger partial charge in [0.25, 0.3) is 0 Å². The molecular weight excluding hydrogens is 334 g/mol. The highest BCUT2D eigenvalue weighted by atomic mass is 15.2. The molecular formula is C22H21N5. The van der Waals surface area contributed by atoms with E-state index in [1.54, 1.807) is 0 Å². The van der Waals surface area contributed by atoms with Crippen molar-refractivity contribution in [3.05, 3.63) is 54.5 Å². The molecule has 1 aliphatic carbocycles. The summed E-state index contributed by atoms with van der Waals surface area (Å²) in [7, 11) is 1.97. The molecule has 0 aliphatic heterocycles. The molecule has 0 saturated heterocycles. The second-order valence-electron chi connectivity index (χ2n) is 7.53. The number of aryl methyl sites for hydroxylation is 1. The van der Waals surface area contributed by atoms with Gasteiger partial charge >= 0.3 is 0 Å². The minimum absolute atomic E-state index is 0.221. The summed E-state index contributed by atoms with van der Waals surface area (Å²) in [5.41, 5.74) is 6.02. The fraction of sp³-hybridized carbons (Fsp3) is 0.318. The second-order valence-corrected chi connectivity index (χ2v) is 7.53. The zero-order valence-corrected chi connectivity index (χ0v) is 15.3. The van der Waals surface area contributed by atoms with Crippen molar-refractivity contribution in [2.45, 2.75) is 31.6 Å². The highest BCUT2D eigenvalue weighted by molar-refractivity contribution is 5.89. The SMILES string of the molecule is Cn1ncc2cc(-c3cnn4cccc(C5CCC(C#N)CC5)c34)ccc21. The van der Waals surface area contributed by atoms with Crippen molar-refractivity contribution in [1.82, 2.24) is 19.4 Å². The Bertz CT molecular complexity index is 1170. The molecule has 3 aromatic heterocycles. The summed E-state index contributed by atoms with van der Waals surface area (Å²) in [5.74, 6) is 0.717. The van der Waals surface area contributed by atoms with Crippen LogP contribution in [-0.4, -0.2) is 19.4 Å². The van der Waals surface area contributed by atoms with Crippen LogP contribution in [0.5, 0.6) is 0 Å². The van der Waals surface area contributed by atoms with E-state index in [-0.39, 0.29) is 5.92 Å². The number of fused-ring (bicyclic) bond motifs is 2. The van der Waals surface area contributed by atoms with Crippen molar-refractivity contribution in [2.24, 2.45) is 13.0 Å². The molecule has 1 aromatic carbocycles. The van der Waals surface area contributed by atoms with Crippen molar-refractivity contribution in [2.75, 3.05) is 0 Å². The standard InChI is InChI=1S/C22H21N5/c1-26-21-9-8-17(11-18(21)13-24-26)20-14-25-27-10-2-3-19(22(20)27)16-6-4-15(12-23)5-7-16/h2-3,8-11,13-16H,4-7H2,1H3. The van der Waals surface area contributed by atoms with Gasteiger partial charge in [-0.05, 0) is 60.9 Å². The number of nitrogens with zero attached hydrogens (tertiary/aromatic N) is 5. The van der Waals surface area contributed by atoms with Crippen LogP contribution in [0.4, 0.5) is 0 Å². The van der Waals surface area contributed by atoms with Gasteiger partial charge in [-0.3, -0.25) is 4.68 Å². The summed E-state index contributed by atoms with van der Waals surface area (Å²) in [4.78, 5) is 0. The minimum Gasteiger partial charge on any atom is -0.268 e. The average Bonchev–Trinajstić information content (AvgIpc) is 3.31. The maximum atomic E-state index is 9.20. The van der Waals surface area contributed by atoms with Gasteiger partial charge in [0.15, 0.2) is 0 Å². The van der Waals surface area contributed by atoms with Crippen molar-refractivity contribution in [3.8, 4) is 17.2 Å². The number of hydrogen-bond acceptors (Lipinski definition) is 3. The van der Waals surface area contributed by atoms with Gasteiger partial charge in [0.05, 0.1) is 29.5 Å². The van der Waals surface area contributed by atoms with E-state index in [2.05, 4.69) is 46.6 Å². The predicted octanol–water partition coefficient (Wildman–Crippen LogP) is 4.69. The fourth-order valence-corrected chi connectivity index (χ4v) is 4.48. The molecule has 5 heteroatoms. The van der Waals surface area contributed by atoms with Gasteiger partial charge in [-0.25, -0.2) is 4.52 Å². The molecule has 5 rings (SSSR count). The van der Waals surface area contributed by atoms with Crippen LogP contribution in [0.3, 0.4) is 0 Å². The molecule has 0 atom stereocenters. The van der Waals surface area contributed by atoms with Crippen molar-refractivity contribution in [1.29, 1.82) is 5.26 Å². The van der Waals surface area contributed by atoms with Crippen molar-refractivity contribution in [3.63, 3.8) is 0 Å². The summed E-state index contributed by atoms with van der Waals surface area (Å²) in [6, 6.07) is 13.2. The average molecular weight is 355 g/mol. The number of aromatic nitrogens is 4. The van der Waals surface area contributed by atoms with E-state index in [4.69, 9.17) is 0 Å². The number of nitriles is 1. The molecule has 1 fully saturated rings. The maximum Gasteiger partial charge on any atom is 0.0774 e. The smallest absolute Gasteiger partial charge is 0.0774 e. The largest absolute Gasteiger partial charge is 0.268 e. The van der Waals surface area contributed by atoms with Crippen LogP contribution in [0.25, 0.3) is 27.5 Å². The van der Waals surface area contributed by atoms with Gasteiger partial charge in [-0.2, -0.15) is 15.5 Å². The third kappa shape index (κ3) is 2.60. The zero-order chi connectivity index (χ0) is 18.4. The highest BCUT2D eigenvalue weighted by Gasteiger charge is 2.25. The molecule has 1 aliphatic rings. The Hall–Kier alpha value is -3.13. The van der Waals surface area contributed by atoms with Gasteiger partial charge in [-0.15, -0.1) is 0 Å². The molecule has 0 radical (unpaired) electrons. The van der Waals surface area contributed by atoms with Crippen LogP contribution in [0.15, 0.2) is 48.9 Å². The monoisotopic (exact) mass is 355 g/mol. The quantitative estimate of drug-likeness (QED) is 0.524. The van der Waals surface area contributed by atoms with Crippen LogP contribution >= 0.6 is 0 Å². The second kappa shape index (κ2) is 6.24. The summed E-state index contributed by atoms with van der Waals surface area (Å²) >= 11 is 0. The molecule has 0 bridgehead atoms. The molecule has 4 aromatic rings. The van der Waals surface area contributed by atoms with E-state index in [1.807, 2.05) is 34.8 Å². The first-order chi connectivity index (χ1) is 13.2. The molecule has 134 valence electrons. The minimum atomic E-state index is 0.221. The van der Waals surface area contributed by atoms with Crippen LogP contribution < -0.4 is 0 Å². The van der Waals surface area contributed by atoms with Gasteiger partial charge in [0.2, 0.25) is 0 Å². The Morgan fingerprint density at radius 2 is 1.93 bits per heavy atom. The molecule has 0 amide bonds. The third-order valence-electron chi connectivity index (χ3n) is 5.98. The molecule has 3 heterocycles. The van der Waals surface area contributed by atoms with Crippen molar-refractivity contribution < 1.29 is 0 Å². The Labute approximate surface area is 157 Å². The van der Waals surface area contributed by atoms with Gasteiger partial charge in [0, 0.05) is 30.1 Å². The topological polar surface area (TPSA) is 58.9 Å². The summed E-state index contributed by atoms with van der Waals surface area (Å²) in [6.45, 7) is 0. The lowest BCUT2D eigenvalue weighted by molar-refractivity contribution is 0.383. The van der Waals surface area contributed by atoms with Gasteiger partial charge in [0.1, 0.15) is 0 Å². The number of pyridine rings is 1. The Balaban J connectivity index is 1.62. The Kier molecular flexibility index (Phi) is 3.71. The normalized spacial score (nSPS) is 20.1. The Morgan fingerprint density at radius 3 is 2.74 bits per heavy atom. The van der Waals surface area contributed by atoms with E-state index in [9.17, 15) is 5.26 Å². The van der Waals surface area contributed by atoms with Crippen LogP contribution in [0.1, 0.15) is 37.2 Å². The molecule has 27 heavy (non-hydrogen) atoms. The van der Waals surface area contributed by atoms with Gasteiger partial charge < -0.3 is 0 Å². The number of benzene rings is 1. The van der Waals surface area contributed by atoms with Crippen LogP contribution in [0.2, 0.25) is 0 Å². The molecule has 0 unspecified atom stereocenters. The summed E-state index contributed by atoms with van der Waals surface area (Å²) in [6.07, 6.45) is 10.0. The predicted molar refractivity (Wildman–Crippen MR) is 105 cm³/mol. The van der Waals surface area contributed by atoms with Gasteiger partial charge in [-0.1, -0.05) is 12.1 Å². The van der Waals surface area contributed by atoms with E-state index >= 15 is 0 Å². The number of rotatable bonds is 2. The van der Waals surface area contributed by atoms with E-state index in [0.29, 0.717) is 5.92 Å². The van der Waals surface area contributed by atoms with Crippen LogP contribution in [0, 0.1) is 17.2 Å². The fourth-order valence-electron chi connectivity index (χ4n) is 4.48. The number of hydrogen-bond donors (Lipinski definition) is 0. The van der Waals surface area contributed by atoms with E-state index in [1.165, 1.54) is 22.2 Å². The van der Waals surface area contributed by atoms with Crippen molar-refractivity contribution >= 4 is 16.4 Å². The third-order valence-corrected chi connectivity index (χ3v) is 5.98. The molecule has 0 N–H and O–H groups in total. The lowest BCUT2D eigenvalue weighted by atomic mass is 9.78. The summed E-state index contributed by atoms with van der Waals surface area (Å²) < 4.78 is 3.89. The summed E-state index contributed by atoms with van der Waals surface area (Å²) in [5, 5.41) is 19.3. The maximum absolute atomic E-state index is 9.20. The molecule has 0 spiro atoms. The van der Waals surface area contributed by atoms with Crippen LogP contribution in [-0.2, 0) is 7.05 Å². The lowest BCUT2D eigenvalue weighted by Crippen LogP contribution is -2.12. The molecule has 1 saturated carbocycles. The zero-order valence-electron chi connectivity index (χ0n) is 15.3.